The molecule has 11 heteroatoms. The van der Waals surface area contributed by atoms with Crippen molar-refractivity contribution in [3.05, 3.63) is 131 Å². The summed E-state index contributed by atoms with van der Waals surface area (Å²) in [6, 6.07) is 31.1. The van der Waals surface area contributed by atoms with Crippen molar-refractivity contribution >= 4 is 18.0 Å². The van der Waals surface area contributed by atoms with Crippen LogP contribution >= 0.6 is 0 Å². The van der Waals surface area contributed by atoms with E-state index in [1.54, 1.807) is 76.6 Å². The Kier molecular flexibility index (Phi) is 12.5. The lowest BCUT2D eigenvalue weighted by Gasteiger charge is -2.28. The average molecular weight is 657 g/mol. The highest BCUT2D eigenvalue weighted by Gasteiger charge is 2.48. The van der Waals surface area contributed by atoms with E-state index in [1.807, 2.05) is 60.7 Å². The van der Waals surface area contributed by atoms with Crippen molar-refractivity contribution in [3.8, 4) is 11.5 Å². The molecule has 2 N–H and O–H groups in total. The Labute approximate surface area is 280 Å². The Hall–Kier alpha value is -5.39. The summed E-state index contributed by atoms with van der Waals surface area (Å²) >= 11 is 0. The molecule has 5 rings (SSSR count). The van der Waals surface area contributed by atoms with Gasteiger partial charge in [-0.25, -0.2) is 9.59 Å². The van der Waals surface area contributed by atoms with Crippen LogP contribution < -0.4 is 14.8 Å². The van der Waals surface area contributed by atoms with Gasteiger partial charge in [-0.2, -0.15) is 0 Å². The molecule has 0 radical (unpaired) electrons. The van der Waals surface area contributed by atoms with Crippen LogP contribution in [0.15, 0.2) is 109 Å². The van der Waals surface area contributed by atoms with Gasteiger partial charge in [0.25, 0.3) is 0 Å². The van der Waals surface area contributed by atoms with E-state index in [9.17, 15) is 19.5 Å². The van der Waals surface area contributed by atoms with Crippen molar-refractivity contribution in [3.63, 3.8) is 0 Å². The normalized spacial score (nSPS) is 17.3. The van der Waals surface area contributed by atoms with Crippen molar-refractivity contribution in [2.45, 2.75) is 44.9 Å². The molecule has 2 amide bonds. The van der Waals surface area contributed by atoms with E-state index in [0.717, 1.165) is 11.1 Å². The molecule has 1 heterocycles. The smallest absolute Gasteiger partial charge is 0.412 e. The lowest BCUT2D eigenvalue weighted by molar-refractivity contribution is -0.185. The van der Waals surface area contributed by atoms with Gasteiger partial charge in [0.1, 0.15) is 31.4 Å². The van der Waals surface area contributed by atoms with Gasteiger partial charge in [0, 0.05) is 11.1 Å². The third-order valence-corrected chi connectivity index (χ3v) is 7.72. The number of hydrogen-bond donors (Lipinski definition) is 2. The number of rotatable bonds is 10. The Balaban J connectivity index is 0.000000218. The maximum atomic E-state index is 12.3. The minimum atomic E-state index is -1.59. The minimum Gasteiger partial charge on any atom is -0.497 e. The van der Waals surface area contributed by atoms with Gasteiger partial charge in [0.15, 0.2) is 5.78 Å². The van der Waals surface area contributed by atoms with E-state index in [2.05, 4.69) is 5.32 Å². The van der Waals surface area contributed by atoms with Gasteiger partial charge in [0.2, 0.25) is 5.79 Å². The molecule has 0 bridgehead atoms. The summed E-state index contributed by atoms with van der Waals surface area (Å²) in [4.78, 5) is 37.7. The highest BCUT2D eigenvalue weighted by Crippen LogP contribution is 2.36. The van der Waals surface area contributed by atoms with Gasteiger partial charge >= 0.3 is 12.2 Å². The van der Waals surface area contributed by atoms with Crippen LogP contribution in [-0.4, -0.2) is 61.0 Å². The lowest BCUT2D eigenvalue weighted by Crippen LogP contribution is -2.43. The maximum absolute atomic E-state index is 12.3. The van der Waals surface area contributed by atoms with E-state index in [1.165, 1.54) is 4.90 Å². The summed E-state index contributed by atoms with van der Waals surface area (Å²) in [5.41, 5.74) is 2.84. The molecule has 0 saturated carbocycles. The summed E-state index contributed by atoms with van der Waals surface area (Å²) < 4.78 is 26.1. The number of Topliss-reactive ketones (excluding diaryl/α,β-unsaturated/α-hetero) is 1. The van der Waals surface area contributed by atoms with Crippen molar-refractivity contribution < 1.29 is 43.2 Å². The predicted molar refractivity (Wildman–Crippen MR) is 177 cm³/mol. The Morgan fingerprint density at radius 3 is 1.83 bits per heavy atom. The number of methoxy groups -OCH3 is 2. The fraction of sp³-hybridized carbons (Fsp3) is 0.270. The number of carbonyl (C=O) groups excluding carboxylic acids is 3. The molecule has 4 aromatic carbocycles. The van der Waals surface area contributed by atoms with Gasteiger partial charge in [-0.15, -0.1) is 0 Å². The third-order valence-electron chi connectivity index (χ3n) is 7.72. The first-order valence-electron chi connectivity index (χ1n) is 15.3. The number of hydrogen-bond acceptors (Lipinski definition) is 9. The molecule has 0 aliphatic carbocycles. The summed E-state index contributed by atoms with van der Waals surface area (Å²) in [7, 11) is 3.13. The Morgan fingerprint density at radius 1 is 0.812 bits per heavy atom. The zero-order valence-corrected chi connectivity index (χ0v) is 27.3. The molecule has 11 nitrogen and oxygen atoms in total. The number of carbonyl (C=O) groups is 3. The highest BCUT2D eigenvalue weighted by molar-refractivity contribution is 6.01. The molecular weight excluding hydrogens is 616 g/mol. The number of ketones is 1. The molecule has 1 saturated heterocycles. The standard InChI is InChI=1S/C19H21NO5.C18H19NO4/c1-14-19(22,16-8-10-17(23-2)11-9-16)25-13-20(14)18(21)24-12-15-6-4-3-5-7-15;1-13(17(20)15-8-10-16(22-2)11-9-15)19-18(21)23-12-14-6-4-3-5-7-14/h3-11,14,22H,12-13H2,1-2H3;3-11,13H,12H2,1-2H3,(H,19,21)/t14-,19?;13-/m00/s1. The number of nitrogens with one attached hydrogen (secondary N) is 1. The first kappa shape index (κ1) is 35.5. The van der Waals surface area contributed by atoms with Crippen LogP contribution in [0.1, 0.15) is 40.9 Å². The summed E-state index contributed by atoms with van der Waals surface area (Å²) in [6.45, 7) is 3.63. The van der Waals surface area contributed by atoms with E-state index in [0.29, 0.717) is 22.6 Å². The first-order valence-corrected chi connectivity index (χ1v) is 15.3. The van der Waals surface area contributed by atoms with Crippen LogP contribution in [-0.2, 0) is 33.2 Å². The summed E-state index contributed by atoms with van der Waals surface area (Å²) in [5, 5.41) is 13.4. The predicted octanol–water partition coefficient (Wildman–Crippen LogP) is 6.05. The van der Waals surface area contributed by atoms with Crippen molar-refractivity contribution in [1.82, 2.24) is 10.2 Å². The number of aliphatic hydroxyl groups is 1. The van der Waals surface area contributed by atoms with Crippen LogP contribution in [0, 0.1) is 0 Å². The molecule has 1 aliphatic heterocycles. The van der Waals surface area contributed by atoms with Crippen LogP contribution in [0.3, 0.4) is 0 Å². The second-order valence-corrected chi connectivity index (χ2v) is 10.9. The number of benzene rings is 4. The maximum Gasteiger partial charge on any atom is 0.412 e. The molecule has 3 atom stereocenters. The topological polar surface area (TPSA) is 133 Å². The van der Waals surface area contributed by atoms with E-state index < -0.39 is 30.1 Å². The van der Waals surface area contributed by atoms with E-state index in [4.69, 9.17) is 23.7 Å². The third kappa shape index (κ3) is 9.34. The molecule has 0 spiro atoms. The molecule has 1 fully saturated rings. The fourth-order valence-electron chi connectivity index (χ4n) is 4.79. The van der Waals surface area contributed by atoms with Crippen molar-refractivity contribution in [2.75, 3.05) is 21.0 Å². The number of ether oxygens (including phenoxy) is 5. The van der Waals surface area contributed by atoms with E-state index in [-0.39, 0.29) is 25.7 Å². The second kappa shape index (κ2) is 17.0. The molecular formula is C37H40N2O9. The number of nitrogens with zero attached hydrogens (tertiary/aromatic N) is 1. The van der Waals surface area contributed by atoms with Crippen molar-refractivity contribution in [1.29, 1.82) is 0 Å². The summed E-state index contributed by atoms with van der Waals surface area (Å²) in [5.74, 6) is -0.427. The molecule has 48 heavy (non-hydrogen) atoms. The molecule has 1 aliphatic rings. The SMILES string of the molecule is COc1ccc(C(=O)[C@H](C)NC(=O)OCc2ccccc2)cc1.COc1ccc(C2(O)OCN(C(=O)OCc3ccccc3)[C@H]2C)cc1. The first-order chi connectivity index (χ1) is 23.1. The largest absolute Gasteiger partial charge is 0.497 e. The van der Waals surface area contributed by atoms with Gasteiger partial charge in [-0.05, 0) is 73.5 Å². The molecule has 0 aromatic heterocycles. The Bertz CT molecular complexity index is 1620. The molecule has 4 aromatic rings. The van der Waals surface area contributed by atoms with Crippen LogP contribution in [0.2, 0.25) is 0 Å². The number of alkyl carbamates (subject to hydrolysis) is 1. The van der Waals surface area contributed by atoms with Gasteiger partial charge < -0.3 is 34.1 Å². The fourth-order valence-corrected chi connectivity index (χ4v) is 4.79. The monoisotopic (exact) mass is 656 g/mol. The average Bonchev–Trinajstić information content (AvgIpc) is 3.44. The zero-order chi connectivity index (χ0) is 34.5. The van der Waals surface area contributed by atoms with Crippen molar-refractivity contribution in [2.24, 2.45) is 0 Å². The lowest BCUT2D eigenvalue weighted by atomic mass is 9.99. The molecule has 1 unspecified atom stereocenters. The highest BCUT2D eigenvalue weighted by atomic mass is 16.7. The molecule has 252 valence electrons. The van der Waals surface area contributed by atoms with Gasteiger partial charge in [0.05, 0.1) is 26.3 Å². The quantitative estimate of drug-likeness (QED) is 0.196. The van der Waals surface area contributed by atoms with Gasteiger partial charge in [-0.3, -0.25) is 9.69 Å². The second-order valence-electron chi connectivity index (χ2n) is 10.9. The summed E-state index contributed by atoms with van der Waals surface area (Å²) in [6.07, 6.45) is -1.15. The Morgan fingerprint density at radius 2 is 1.31 bits per heavy atom. The van der Waals surface area contributed by atoms with Crippen LogP contribution in [0.4, 0.5) is 9.59 Å². The van der Waals surface area contributed by atoms with Crippen LogP contribution in [0.5, 0.6) is 11.5 Å². The number of amides is 2. The zero-order valence-electron chi connectivity index (χ0n) is 27.3. The minimum absolute atomic E-state index is 0.0443. The van der Waals surface area contributed by atoms with Gasteiger partial charge in [-0.1, -0.05) is 60.7 Å². The van der Waals surface area contributed by atoms with E-state index >= 15 is 0 Å². The van der Waals surface area contributed by atoms with Crippen LogP contribution in [0.25, 0.3) is 0 Å².